The molecule has 5 nitrogen and oxygen atoms in total. The number of piperidine rings is 1. The molecule has 3 N–H and O–H groups in total. The topological polar surface area (TPSA) is 83.6 Å². The lowest BCUT2D eigenvalue weighted by Gasteiger charge is -2.36. The lowest BCUT2D eigenvalue weighted by Crippen LogP contribution is -2.48. The molecule has 0 aliphatic carbocycles. The zero-order valence-electron chi connectivity index (χ0n) is 10.3. The number of nitrogens with zero attached hydrogens (tertiary/aromatic N) is 1. The molecule has 102 valence electrons. The number of carboxylic acids is 1. The second-order valence-corrected chi connectivity index (χ2v) is 4.99. The minimum absolute atomic E-state index is 0.126. The Morgan fingerprint density at radius 3 is 2.68 bits per heavy atom. The number of carbonyl (C=O) groups is 2. The molecule has 0 radical (unpaired) electrons. The predicted octanol–water partition coefficient (Wildman–Crippen LogP) is 1.88. The van der Waals surface area contributed by atoms with Crippen LogP contribution in [-0.4, -0.2) is 29.6 Å². The first-order valence-electron chi connectivity index (χ1n) is 6.09. The summed E-state index contributed by atoms with van der Waals surface area (Å²) in [6.45, 7) is 0.694. The Balaban J connectivity index is 2.34. The van der Waals surface area contributed by atoms with Crippen LogP contribution < -0.4 is 10.6 Å². The molecule has 0 bridgehead atoms. The van der Waals surface area contributed by atoms with Gasteiger partial charge in [0, 0.05) is 6.54 Å². The summed E-state index contributed by atoms with van der Waals surface area (Å²) in [4.78, 5) is 24.2. The van der Waals surface area contributed by atoms with Crippen LogP contribution in [0, 0.1) is 0 Å². The molecule has 0 spiro atoms. The van der Waals surface area contributed by atoms with Crippen molar-refractivity contribution in [2.45, 2.75) is 25.3 Å². The van der Waals surface area contributed by atoms with E-state index in [1.54, 1.807) is 6.07 Å². The lowest BCUT2D eigenvalue weighted by molar-refractivity contribution is -0.119. The molecule has 1 amide bonds. The molecule has 1 aliphatic rings. The number of hydrogen-bond acceptors (Lipinski definition) is 3. The van der Waals surface area contributed by atoms with Gasteiger partial charge in [0.15, 0.2) is 0 Å². The fourth-order valence-corrected chi connectivity index (χ4v) is 2.68. The van der Waals surface area contributed by atoms with Crippen LogP contribution >= 0.6 is 11.6 Å². The molecule has 0 aromatic heterocycles. The second kappa shape index (κ2) is 5.48. The van der Waals surface area contributed by atoms with Gasteiger partial charge in [-0.05, 0) is 37.5 Å². The monoisotopic (exact) mass is 282 g/mol. The molecule has 0 saturated carbocycles. The quantitative estimate of drug-likeness (QED) is 0.887. The Bertz CT molecular complexity index is 519. The number of aromatic carboxylic acids is 1. The van der Waals surface area contributed by atoms with Crippen molar-refractivity contribution in [3.8, 4) is 0 Å². The third kappa shape index (κ3) is 2.81. The van der Waals surface area contributed by atoms with Crippen LogP contribution in [0.25, 0.3) is 0 Å². The zero-order chi connectivity index (χ0) is 14.0. The molecule has 1 heterocycles. The van der Waals surface area contributed by atoms with Crippen molar-refractivity contribution in [2.75, 3.05) is 11.4 Å². The van der Waals surface area contributed by atoms with E-state index in [1.807, 2.05) is 4.90 Å². The molecule has 6 heteroatoms. The molecule has 2 rings (SSSR count). The minimum atomic E-state index is -1.03. The molecular weight excluding hydrogens is 268 g/mol. The van der Waals surface area contributed by atoms with Gasteiger partial charge in [-0.2, -0.15) is 0 Å². The fourth-order valence-electron chi connectivity index (χ4n) is 2.39. The zero-order valence-corrected chi connectivity index (χ0v) is 11.1. The molecule has 1 atom stereocenters. The van der Waals surface area contributed by atoms with E-state index in [2.05, 4.69) is 0 Å². The van der Waals surface area contributed by atoms with Crippen molar-refractivity contribution >= 4 is 29.2 Å². The summed E-state index contributed by atoms with van der Waals surface area (Å²) in [7, 11) is 0. The SMILES string of the molecule is NC(=O)C1CCCCN1c1ccc(C(=O)O)cc1Cl. The third-order valence-corrected chi connectivity index (χ3v) is 3.64. The van der Waals surface area contributed by atoms with Crippen molar-refractivity contribution in [1.82, 2.24) is 0 Å². The van der Waals surface area contributed by atoms with E-state index in [4.69, 9.17) is 22.4 Å². The average Bonchev–Trinajstić information content (AvgIpc) is 2.38. The van der Waals surface area contributed by atoms with Crippen LogP contribution in [0.3, 0.4) is 0 Å². The van der Waals surface area contributed by atoms with E-state index in [9.17, 15) is 9.59 Å². The number of halogens is 1. The summed E-state index contributed by atoms with van der Waals surface area (Å²) in [5, 5.41) is 9.23. The van der Waals surface area contributed by atoms with Gasteiger partial charge < -0.3 is 15.7 Å². The Morgan fingerprint density at radius 2 is 2.11 bits per heavy atom. The van der Waals surface area contributed by atoms with Crippen LogP contribution in [-0.2, 0) is 4.79 Å². The maximum atomic E-state index is 11.5. The molecule has 1 fully saturated rings. The molecule has 19 heavy (non-hydrogen) atoms. The van der Waals surface area contributed by atoms with E-state index in [1.165, 1.54) is 12.1 Å². The van der Waals surface area contributed by atoms with Crippen molar-refractivity contribution in [2.24, 2.45) is 5.73 Å². The summed E-state index contributed by atoms with van der Waals surface area (Å²) in [5.41, 5.74) is 6.19. The van der Waals surface area contributed by atoms with Gasteiger partial charge in [-0.25, -0.2) is 4.79 Å². The number of rotatable bonds is 3. The summed E-state index contributed by atoms with van der Waals surface area (Å²) < 4.78 is 0. The number of carboxylic acid groups (broad SMARTS) is 1. The summed E-state index contributed by atoms with van der Waals surface area (Å²) >= 11 is 6.12. The highest BCUT2D eigenvalue weighted by Crippen LogP contribution is 2.31. The fraction of sp³-hybridized carbons (Fsp3) is 0.385. The molecule has 1 unspecified atom stereocenters. The minimum Gasteiger partial charge on any atom is -0.478 e. The van der Waals surface area contributed by atoms with E-state index < -0.39 is 5.97 Å². The summed E-state index contributed by atoms with van der Waals surface area (Å²) in [6, 6.07) is 4.14. The Labute approximate surface area is 116 Å². The van der Waals surface area contributed by atoms with Crippen molar-refractivity contribution in [3.05, 3.63) is 28.8 Å². The number of benzene rings is 1. The van der Waals surface area contributed by atoms with Crippen LogP contribution in [0.15, 0.2) is 18.2 Å². The first-order chi connectivity index (χ1) is 9.00. The number of amides is 1. The highest BCUT2D eigenvalue weighted by molar-refractivity contribution is 6.33. The standard InChI is InChI=1S/C13H15ClN2O3/c14-9-7-8(13(18)19)4-5-10(9)16-6-2-1-3-11(16)12(15)17/h4-5,7,11H,1-3,6H2,(H2,15,17)(H,18,19). The summed E-state index contributed by atoms with van der Waals surface area (Å²) in [6.07, 6.45) is 2.61. The Hall–Kier alpha value is -1.75. The number of anilines is 1. The smallest absolute Gasteiger partial charge is 0.335 e. The predicted molar refractivity (Wildman–Crippen MR) is 72.6 cm³/mol. The van der Waals surface area contributed by atoms with E-state index in [-0.39, 0.29) is 17.5 Å². The number of primary amides is 1. The van der Waals surface area contributed by atoms with Crippen LogP contribution in [0.1, 0.15) is 29.6 Å². The second-order valence-electron chi connectivity index (χ2n) is 4.58. The number of nitrogens with two attached hydrogens (primary N) is 1. The Morgan fingerprint density at radius 1 is 1.37 bits per heavy atom. The normalized spacial score (nSPS) is 19.2. The highest BCUT2D eigenvalue weighted by Gasteiger charge is 2.28. The largest absolute Gasteiger partial charge is 0.478 e. The average molecular weight is 283 g/mol. The van der Waals surface area contributed by atoms with Crippen LogP contribution in [0.2, 0.25) is 5.02 Å². The van der Waals surface area contributed by atoms with Gasteiger partial charge in [0.1, 0.15) is 6.04 Å². The molecule has 1 aliphatic heterocycles. The van der Waals surface area contributed by atoms with Crippen molar-refractivity contribution in [3.63, 3.8) is 0 Å². The summed E-state index contributed by atoms with van der Waals surface area (Å²) in [5.74, 6) is -1.41. The van der Waals surface area contributed by atoms with Gasteiger partial charge in [-0.1, -0.05) is 11.6 Å². The van der Waals surface area contributed by atoms with Gasteiger partial charge in [-0.15, -0.1) is 0 Å². The van der Waals surface area contributed by atoms with Crippen LogP contribution in [0.4, 0.5) is 5.69 Å². The van der Waals surface area contributed by atoms with Gasteiger partial charge in [0.25, 0.3) is 0 Å². The van der Waals surface area contributed by atoms with E-state index >= 15 is 0 Å². The van der Waals surface area contributed by atoms with Crippen molar-refractivity contribution in [1.29, 1.82) is 0 Å². The molecule has 1 aromatic carbocycles. The number of hydrogen-bond donors (Lipinski definition) is 2. The highest BCUT2D eigenvalue weighted by atomic mass is 35.5. The van der Waals surface area contributed by atoms with Crippen LogP contribution in [0.5, 0.6) is 0 Å². The molecular formula is C13H15ClN2O3. The van der Waals surface area contributed by atoms with E-state index in [0.29, 0.717) is 23.7 Å². The first kappa shape index (κ1) is 13.7. The molecule has 1 aromatic rings. The first-order valence-corrected chi connectivity index (χ1v) is 6.47. The van der Waals surface area contributed by atoms with Gasteiger partial charge in [-0.3, -0.25) is 4.79 Å². The Kier molecular flexibility index (Phi) is 3.95. The maximum Gasteiger partial charge on any atom is 0.335 e. The van der Waals surface area contributed by atoms with E-state index in [0.717, 1.165) is 12.8 Å². The number of carbonyl (C=O) groups excluding carboxylic acids is 1. The third-order valence-electron chi connectivity index (χ3n) is 3.34. The van der Waals surface area contributed by atoms with Gasteiger partial charge in [0.2, 0.25) is 5.91 Å². The molecule has 1 saturated heterocycles. The maximum absolute atomic E-state index is 11.5. The van der Waals surface area contributed by atoms with Crippen molar-refractivity contribution < 1.29 is 14.7 Å². The lowest BCUT2D eigenvalue weighted by atomic mass is 10.0. The van der Waals surface area contributed by atoms with Gasteiger partial charge >= 0.3 is 5.97 Å². The van der Waals surface area contributed by atoms with Gasteiger partial charge in [0.05, 0.1) is 16.3 Å².